The highest BCUT2D eigenvalue weighted by Gasteiger charge is 1.97. The monoisotopic (exact) mass is 260 g/mol. The molecule has 0 saturated carbocycles. The Balaban J connectivity index is 1.98. The number of nitrogens with zero attached hydrogens (tertiary/aromatic N) is 1. The molecule has 0 saturated heterocycles. The second-order valence-electron chi connectivity index (χ2n) is 4.42. The zero-order chi connectivity index (χ0) is 13.0. The number of rotatable bonds is 4. The lowest BCUT2D eigenvalue weighted by Crippen LogP contribution is -2.08. The Bertz CT molecular complexity index is 506. The van der Waals surface area contributed by atoms with E-state index >= 15 is 0 Å². The van der Waals surface area contributed by atoms with Gasteiger partial charge in [0.25, 0.3) is 0 Å². The summed E-state index contributed by atoms with van der Waals surface area (Å²) < 4.78 is 0. The standard InChI is InChI=1S/C15H17ClN2/c1-18(2)15-8-6-14(7-9-15)17-11-12-4-3-5-13(16)10-12/h3-10,17H,11H2,1-2H3. The predicted molar refractivity (Wildman–Crippen MR) is 79.5 cm³/mol. The lowest BCUT2D eigenvalue weighted by molar-refractivity contribution is 1.12. The third-order valence-corrected chi connectivity index (χ3v) is 3.00. The van der Waals surface area contributed by atoms with Crippen LogP contribution >= 0.6 is 11.6 Å². The van der Waals surface area contributed by atoms with Gasteiger partial charge in [-0.05, 0) is 42.0 Å². The third kappa shape index (κ3) is 3.41. The van der Waals surface area contributed by atoms with Gasteiger partial charge in [-0.25, -0.2) is 0 Å². The fraction of sp³-hybridized carbons (Fsp3) is 0.200. The molecule has 0 amide bonds. The number of hydrogen-bond acceptors (Lipinski definition) is 2. The zero-order valence-electron chi connectivity index (χ0n) is 10.7. The SMILES string of the molecule is CN(C)c1ccc(NCc2cccc(Cl)c2)cc1. The number of hydrogen-bond donors (Lipinski definition) is 1. The highest BCUT2D eigenvalue weighted by atomic mass is 35.5. The fourth-order valence-electron chi connectivity index (χ4n) is 1.73. The van der Waals surface area contributed by atoms with Gasteiger partial charge in [-0.1, -0.05) is 23.7 Å². The van der Waals surface area contributed by atoms with E-state index in [1.54, 1.807) is 0 Å². The minimum absolute atomic E-state index is 0.775. The van der Waals surface area contributed by atoms with Crippen LogP contribution < -0.4 is 10.2 Å². The van der Waals surface area contributed by atoms with E-state index in [2.05, 4.69) is 40.5 Å². The molecule has 0 unspecified atom stereocenters. The van der Waals surface area contributed by atoms with Crippen molar-refractivity contribution in [2.75, 3.05) is 24.3 Å². The second kappa shape index (κ2) is 5.78. The zero-order valence-corrected chi connectivity index (χ0v) is 11.4. The van der Waals surface area contributed by atoms with Crippen LogP contribution in [0.4, 0.5) is 11.4 Å². The molecule has 3 heteroatoms. The molecular weight excluding hydrogens is 244 g/mol. The van der Waals surface area contributed by atoms with Crippen molar-refractivity contribution in [2.45, 2.75) is 6.54 Å². The summed E-state index contributed by atoms with van der Waals surface area (Å²) in [5.74, 6) is 0. The van der Waals surface area contributed by atoms with Crippen molar-refractivity contribution in [3.8, 4) is 0 Å². The summed E-state index contributed by atoms with van der Waals surface area (Å²) >= 11 is 5.95. The van der Waals surface area contributed by atoms with E-state index in [0.29, 0.717) is 0 Å². The van der Waals surface area contributed by atoms with Gasteiger partial charge in [0.1, 0.15) is 0 Å². The Morgan fingerprint density at radius 3 is 2.39 bits per heavy atom. The topological polar surface area (TPSA) is 15.3 Å². The minimum atomic E-state index is 0.775. The van der Waals surface area contributed by atoms with E-state index in [9.17, 15) is 0 Å². The van der Waals surface area contributed by atoms with Crippen LogP contribution in [0.5, 0.6) is 0 Å². The maximum absolute atomic E-state index is 5.95. The van der Waals surface area contributed by atoms with Crippen LogP contribution in [0, 0.1) is 0 Å². The second-order valence-corrected chi connectivity index (χ2v) is 4.86. The molecule has 0 radical (unpaired) electrons. The average molecular weight is 261 g/mol. The van der Waals surface area contributed by atoms with Gasteiger partial charge in [-0.3, -0.25) is 0 Å². The van der Waals surface area contributed by atoms with E-state index in [-0.39, 0.29) is 0 Å². The molecule has 0 aliphatic heterocycles. The van der Waals surface area contributed by atoms with Gasteiger partial charge in [0, 0.05) is 37.0 Å². The summed E-state index contributed by atoms with van der Waals surface area (Å²) in [6, 6.07) is 16.3. The highest BCUT2D eigenvalue weighted by Crippen LogP contribution is 2.17. The summed E-state index contributed by atoms with van der Waals surface area (Å²) in [5, 5.41) is 4.15. The fourth-order valence-corrected chi connectivity index (χ4v) is 1.94. The maximum Gasteiger partial charge on any atom is 0.0409 e. The van der Waals surface area contributed by atoms with Gasteiger partial charge in [-0.2, -0.15) is 0 Å². The largest absolute Gasteiger partial charge is 0.381 e. The summed E-state index contributed by atoms with van der Waals surface area (Å²) in [7, 11) is 4.07. The summed E-state index contributed by atoms with van der Waals surface area (Å²) in [5.41, 5.74) is 3.49. The van der Waals surface area contributed by atoms with Crippen LogP contribution in [0.3, 0.4) is 0 Å². The number of nitrogens with one attached hydrogen (secondary N) is 1. The summed E-state index contributed by atoms with van der Waals surface area (Å²) in [6.45, 7) is 0.780. The Kier molecular flexibility index (Phi) is 4.11. The van der Waals surface area contributed by atoms with E-state index in [0.717, 1.165) is 17.3 Å². The first-order valence-electron chi connectivity index (χ1n) is 5.91. The first-order chi connectivity index (χ1) is 8.65. The van der Waals surface area contributed by atoms with Crippen LogP contribution in [-0.2, 0) is 6.54 Å². The molecular formula is C15H17ClN2. The van der Waals surface area contributed by atoms with Gasteiger partial charge in [-0.15, -0.1) is 0 Å². The van der Waals surface area contributed by atoms with Gasteiger partial charge in [0.2, 0.25) is 0 Å². The van der Waals surface area contributed by atoms with E-state index in [1.807, 2.05) is 32.3 Å². The molecule has 2 aromatic carbocycles. The molecule has 2 aromatic rings. The Morgan fingerprint density at radius 2 is 1.78 bits per heavy atom. The molecule has 0 aliphatic carbocycles. The molecule has 0 atom stereocenters. The molecule has 1 N–H and O–H groups in total. The number of halogens is 1. The van der Waals surface area contributed by atoms with E-state index in [4.69, 9.17) is 11.6 Å². The molecule has 2 nitrogen and oxygen atoms in total. The molecule has 18 heavy (non-hydrogen) atoms. The normalized spacial score (nSPS) is 10.2. The van der Waals surface area contributed by atoms with Crippen molar-refractivity contribution < 1.29 is 0 Å². The molecule has 0 heterocycles. The van der Waals surface area contributed by atoms with Crippen molar-refractivity contribution >= 4 is 23.0 Å². The Labute approximate surface area is 113 Å². The van der Waals surface area contributed by atoms with Crippen LogP contribution in [0.1, 0.15) is 5.56 Å². The smallest absolute Gasteiger partial charge is 0.0409 e. The quantitative estimate of drug-likeness (QED) is 0.893. The number of benzene rings is 2. The lowest BCUT2D eigenvalue weighted by Gasteiger charge is -2.13. The van der Waals surface area contributed by atoms with Gasteiger partial charge >= 0.3 is 0 Å². The predicted octanol–water partition coefficient (Wildman–Crippen LogP) is 4.02. The maximum atomic E-state index is 5.95. The average Bonchev–Trinajstić information content (AvgIpc) is 2.37. The third-order valence-electron chi connectivity index (χ3n) is 2.77. The molecule has 0 bridgehead atoms. The van der Waals surface area contributed by atoms with Crippen LogP contribution in [0.2, 0.25) is 5.02 Å². The molecule has 2 rings (SSSR count). The van der Waals surface area contributed by atoms with Crippen LogP contribution in [-0.4, -0.2) is 14.1 Å². The van der Waals surface area contributed by atoms with Crippen molar-refractivity contribution in [3.63, 3.8) is 0 Å². The van der Waals surface area contributed by atoms with Gasteiger partial charge < -0.3 is 10.2 Å². The first kappa shape index (κ1) is 12.8. The highest BCUT2D eigenvalue weighted by molar-refractivity contribution is 6.30. The van der Waals surface area contributed by atoms with Crippen molar-refractivity contribution in [3.05, 3.63) is 59.1 Å². The molecule has 0 aromatic heterocycles. The van der Waals surface area contributed by atoms with Crippen LogP contribution in [0.15, 0.2) is 48.5 Å². The van der Waals surface area contributed by atoms with Gasteiger partial charge in [0.05, 0.1) is 0 Å². The Hall–Kier alpha value is -1.67. The molecule has 94 valence electrons. The summed E-state index contributed by atoms with van der Waals surface area (Å²) in [6.07, 6.45) is 0. The van der Waals surface area contributed by atoms with Crippen LogP contribution in [0.25, 0.3) is 0 Å². The van der Waals surface area contributed by atoms with Crippen molar-refractivity contribution in [1.29, 1.82) is 0 Å². The minimum Gasteiger partial charge on any atom is -0.381 e. The molecule has 0 fully saturated rings. The molecule has 0 spiro atoms. The lowest BCUT2D eigenvalue weighted by atomic mass is 10.2. The van der Waals surface area contributed by atoms with E-state index < -0.39 is 0 Å². The van der Waals surface area contributed by atoms with Gasteiger partial charge in [0.15, 0.2) is 0 Å². The Morgan fingerprint density at radius 1 is 1.06 bits per heavy atom. The van der Waals surface area contributed by atoms with Crippen molar-refractivity contribution in [2.24, 2.45) is 0 Å². The summed E-state index contributed by atoms with van der Waals surface area (Å²) in [4.78, 5) is 2.08. The van der Waals surface area contributed by atoms with Crippen molar-refractivity contribution in [1.82, 2.24) is 0 Å². The first-order valence-corrected chi connectivity index (χ1v) is 6.28. The number of anilines is 2. The van der Waals surface area contributed by atoms with E-state index in [1.165, 1.54) is 11.3 Å². The molecule has 0 aliphatic rings.